The summed E-state index contributed by atoms with van der Waals surface area (Å²) in [5.74, 6) is -0.504. The summed E-state index contributed by atoms with van der Waals surface area (Å²) in [5, 5.41) is 2.82. The summed E-state index contributed by atoms with van der Waals surface area (Å²) in [7, 11) is 2.63. The molecule has 1 N–H and O–H groups in total. The van der Waals surface area contributed by atoms with Crippen molar-refractivity contribution in [1.29, 1.82) is 0 Å². The van der Waals surface area contributed by atoms with Gasteiger partial charge in [0.2, 0.25) is 5.88 Å². The first-order valence-corrected chi connectivity index (χ1v) is 10.8. The number of aromatic nitrogens is 1. The number of benzene rings is 1. The Kier molecular flexibility index (Phi) is 7.29. The van der Waals surface area contributed by atoms with Gasteiger partial charge >= 0.3 is 12.1 Å². The Balaban J connectivity index is 1.94. The molecule has 1 aliphatic carbocycles. The van der Waals surface area contributed by atoms with Crippen LogP contribution in [0.2, 0.25) is 0 Å². The molecule has 33 heavy (non-hydrogen) atoms. The monoisotopic (exact) mass is 464 g/mol. The van der Waals surface area contributed by atoms with Gasteiger partial charge < -0.3 is 14.8 Å². The van der Waals surface area contributed by atoms with Crippen molar-refractivity contribution in [2.75, 3.05) is 14.2 Å². The van der Waals surface area contributed by atoms with Gasteiger partial charge in [0.05, 0.1) is 25.3 Å². The molecule has 1 aromatic heterocycles. The molecule has 1 amide bonds. The zero-order chi connectivity index (χ0) is 24.2. The van der Waals surface area contributed by atoms with Crippen LogP contribution in [0.15, 0.2) is 36.5 Å². The molecule has 1 heterocycles. The standard InChI is InChI=1S/C24H27F3N2O4/c1-4-15-8-10-23(11-9-15,22(31)33-3)29-20(30)17-13-19(21(32-2)28-14-17)16-6-5-7-18(12-16)24(25,26)27/h5-7,12-15H,4,8-11H2,1-3H3,(H,29,30)/t15-,23+. The summed E-state index contributed by atoms with van der Waals surface area (Å²) in [6.45, 7) is 2.09. The van der Waals surface area contributed by atoms with Crippen molar-refractivity contribution >= 4 is 11.9 Å². The molecule has 0 bridgehead atoms. The summed E-state index contributed by atoms with van der Waals surface area (Å²) in [4.78, 5) is 29.8. The SMILES string of the molecule is CC[C@H]1CC[C@](NC(=O)c2cnc(OC)c(-c3cccc(C(F)(F)F)c3)c2)(C(=O)OC)CC1. The molecule has 1 saturated carbocycles. The lowest BCUT2D eigenvalue weighted by Crippen LogP contribution is -2.56. The highest BCUT2D eigenvalue weighted by Gasteiger charge is 2.44. The second kappa shape index (κ2) is 9.80. The molecule has 9 heteroatoms. The number of hydrogen-bond donors (Lipinski definition) is 1. The van der Waals surface area contributed by atoms with Gasteiger partial charge in [0.25, 0.3) is 5.91 Å². The number of nitrogens with one attached hydrogen (secondary N) is 1. The molecule has 1 aliphatic rings. The zero-order valence-corrected chi connectivity index (χ0v) is 18.8. The van der Waals surface area contributed by atoms with E-state index in [1.165, 1.54) is 38.6 Å². The number of alkyl halides is 3. The van der Waals surface area contributed by atoms with Crippen LogP contribution < -0.4 is 10.1 Å². The van der Waals surface area contributed by atoms with Crippen LogP contribution in [0.25, 0.3) is 11.1 Å². The van der Waals surface area contributed by atoms with Gasteiger partial charge in [-0.1, -0.05) is 25.5 Å². The number of carbonyl (C=O) groups is 2. The maximum Gasteiger partial charge on any atom is 0.416 e. The van der Waals surface area contributed by atoms with E-state index in [0.717, 1.165) is 31.4 Å². The smallest absolute Gasteiger partial charge is 0.416 e. The molecule has 0 unspecified atom stereocenters. The summed E-state index contributed by atoms with van der Waals surface area (Å²) in [6, 6.07) is 6.12. The van der Waals surface area contributed by atoms with E-state index < -0.39 is 29.2 Å². The topological polar surface area (TPSA) is 77.5 Å². The molecular formula is C24H27F3N2O4. The van der Waals surface area contributed by atoms with E-state index in [1.54, 1.807) is 0 Å². The molecule has 2 aromatic rings. The van der Waals surface area contributed by atoms with E-state index in [0.29, 0.717) is 18.8 Å². The van der Waals surface area contributed by atoms with Crippen LogP contribution in [0.1, 0.15) is 54.9 Å². The first-order valence-electron chi connectivity index (χ1n) is 10.8. The third-order valence-corrected chi connectivity index (χ3v) is 6.27. The third kappa shape index (κ3) is 5.29. The number of carbonyl (C=O) groups excluding carboxylic acids is 2. The molecule has 178 valence electrons. The first-order chi connectivity index (χ1) is 15.6. The van der Waals surface area contributed by atoms with E-state index >= 15 is 0 Å². The predicted molar refractivity (Wildman–Crippen MR) is 116 cm³/mol. The van der Waals surface area contributed by atoms with Crippen LogP contribution in [-0.2, 0) is 15.7 Å². The van der Waals surface area contributed by atoms with E-state index in [9.17, 15) is 22.8 Å². The quantitative estimate of drug-likeness (QED) is 0.608. The van der Waals surface area contributed by atoms with Gasteiger partial charge in [-0.2, -0.15) is 13.2 Å². The van der Waals surface area contributed by atoms with Crippen LogP contribution in [-0.4, -0.2) is 36.6 Å². The van der Waals surface area contributed by atoms with E-state index in [-0.39, 0.29) is 22.6 Å². The second-order valence-corrected chi connectivity index (χ2v) is 8.24. The fourth-order valence-electron chi connectivity index (χ4n) is 4.25. The third-order valence-electron chi connectivity index (χ3n) is 6.27. The van der Waals surface area contributed by atoms with Crippen molar-refractivity contribution < 1.29 is 32.2 Å². The van der Waals surface area contributed by atoms with Crippen molar-refractivity contribution in [2.45, 2.75) is 50.7 Å². The van der Waals surface area contributed by atoms with Crippen molar-refractivity contribution in [1.82, 2.24) is 10.3 Å². The normalized spacial score (nSPS) is 20.7. The number of rotatable bonds is 6. The van der Waals surface area contributed by atoms with Gasteiger partial charge in [0.15, 0.2) is 0 Å². The summed E-state index contributed by atoms with van der Waals surface area (Å²) < 4.78 is 49.7. The minimum absolute atomic E-state index is 0.0806. The maximum absolute atomic E-state index is 13.2. The number of nitrogens with zero attached hydrogens (tertiary/aromatic N) is 1. The molecule has 1 aromatic carbocycles. The zero-order valence-electron chi connectivity index (χ0n) is 18.8. The Morgan fingerprint density at radius 2 is 1.88 bits per heavy atom. The van der Waals surface area contributed by atoms with Crippen molar-refractivity contribution in [2.24, 2.45) is 5.92 Å². The van der Waals surface area contributed by atoms with Crippen molar-refractivity contribution in [3.05, 3.63) is 47.7 Å². The lowest BCUT2D eigenvalue weighted by atomic mass is 9.75. The van der Waals surface area contributed by atoms with Crippen LogP contribution in [0.4, 0.5) is 13.2 Å². The average Bonchev–Trinajstić information content (AvgIpc) is 2.83. The number of amides is 1. The Labute approximate surface area is 190 Å². The van der Waals surface area contributed by atoms with Gasteiger partial charge in [0.1, 0.15) is 5.54 Å². The number of methoxy groups -OCH3 is 2. The van der Waals surface area contributed by atoms with E-state index in [2.05, 4.69) is 17.2 Å². The highest BCUT2D eigenvalue weighted by Crippen LogP contribution is 2.37. The lowest BCUT2D eigenvalue weighted by Gasteiger charge is -2.38. The molecular weight excluding hydrogens is 437 g/mol. The number of esters is 1. The van der Waals surface area contributed by atoms with Crippen LogP contribution in [0, 0.1) is 5.92 Å². The molecule has 0 saturated heterocycles. The Morgan fingerprint density at radius 1 is 1.18 bits per heavy atom. The first kappa shape index (κ1) is 24.5. The van der Waals surface area contributed by atoms with Crippen molar-refractivity contribution in [3.8, 4) is 17.0 Å². The number of hydrogen-bond acceptors (Lipinski definition) is 5. The number of halogens is 3. The maximum atomic E-state index is 13.2. The number of pyridine rings is 1. The summed E-state index contributed by atoms with van der Waals surface area (Å²) >= 11 is 0. The molecule has 3 rings (SSSR count). The van der Waals surface area contributed by atoms with Gasteiger partial charge in [0, 0.05) is 11.8 Å². The fraction of sp³-hybridized carbons (Fsp3) is 0.458. The van der Waals surface area contributed by atoms with Crippen LogP contribution >= 0.6 is 0 Å². The molecule has 6 nitrogen and oxygen atoms in total. The Hall–Kier alpha value is -3.10. The van der Waals surface area contributed by atoms with Gasteiger partial charge in [-0.25, -0.2) is 9.78 Å². The predicted octanol–water partition coefficient (Wildman–Crippen LogP) is 5.02. The summed E-state index contributed by atoms with van der Waals surface area (Å²) in [6.07, 6.45) is 0.212. The highest BCUT2D eigenvalue weighted by molar-refractivity contribution is 5.99. The van der Waals surface area contributed by atoms with E-state index in [1.807, 2.05) is 0 Å². The molecule has 0 atom stereocenters. The highest BCUT2D eigenvalue weighted by atomic mass is 19.4. The minimum atomic E-state index is -4.52. The second-order valence-electron chi connectivity index (χ2n) is 8.24. The Bertz CT molecular complexity index is 1020. The fourth-order valence-corrected chi connectivity index (χ4v) is 4.25. The molecule has 0 spiro atoms. The average molecular weight is 464 g/mol. The summed E-state index contributed by atoms with van der Waals surface area (Å²) in [5.41, 5.74) is -1.43. The largest absolute Gasteiger partial charge is 0.481 e. The van der Waals surface area contributed by atoms with Gasteiger partial charge in [-0.3, -0.25) is 4.79 Å². The molecule has 1 fully saturated rings. The lowest BCUT2D eigenvalue weighted by molar-refractivity contribution is -0.150. The minimum Gasteiger partial charge on any atom is -0.481 e. The van der Waals surface area contributed by atoms with E-state index in [4.69, 9.17) is 9.47 Å². The van der Waals surface area contributed by atoms with Crippen LogP contribution in [0.3, 0.4) is 0 Å². The number of ether oxygens (including phenoxy) is 2. The van der Waals surface area contributed by atoms with Gasteiger partial charge in [-0.05, 0) is 55.4 Å². The van der Waals surface area contributed by atoms with Gasteiger partial charge in [-0.15, -0.1) is 0 Å². The Morgan fingerprint density at radius 3 is 2.45 bits per heavy atom. The molecule has 0 radical (unpaired) electrons. The molecule has 0 aliphatic heterocycles. The van der Waals surface area contributed by atoms with Crippen molar-refractivity contribution in [3.63, 3.8) is 0 Å². The van der Waals surface area contributed by atoms with Crippen LogP contribution in [0.5, 0.6) is 5.88 Å².